The van der Waals surface area contributed by atoms with Crippen molar-refractivity contribution in [2.45, 2.75) is 0 Å². The van der Waals surface area contributed by atoms with Crippen LogP contribution in [-0.4, -0.2) is 13.2 Å². The molecule has 2 heteroatoms. The predicted molar refractivity (Wildman–Crippen MR) is 23.9 cm³/mol. The van der Waals surface area contributed by atoms with Crippen LogP contribution in [0.25, 0.3) is 0 Å². The molecule has 0 spiro atoms. The van der Waals surface area contributed by atoms with Gasteiger partial charge in [-0.15, -0.1) is 0 Å². The fraction of sp³-hybridized carbons (Fsp3) is 0.500. The lowest BCUT2D eigenvalue weighted by atomic mass is 10.7. The average molecular weight is 88.1 g/mol. The first-order chi connectivity index (χ1) is 2.91. The van der Waals surface area contributed by atoms with Crippen molar-refractivity contribution in [2.75, 3.05) is 13.2 Å². The Morgan fingerprint density at radius 1 is 1.83 bits per heavy atom. The SMILES string of the molecule is C=COCC[NH3+]. The molecule has 0 aliphatic carbocycles. The maximum absolute atomic E-state index is 4.68. The number of ether oxygens (including phenoxy) is 1. The van der Waals surface area contributed by atoms with Crippen molar-refractivity contribution >= 4 is 0 Å². The Balaban J connectivity index is 2.49. The van der Waals surface area contributed by atoms with Gasteiger partial charge in [-0.05, 0) is 0 Å². The molecule has 0 rings (SSSR count). The summed E-state index contributed by atoms with van der Waals surface area (Å²) in [5, 5.41) is 0. The molecule has 0 saturated carbocycles. The molecule has 0 aliphatic rings. The maximum atomic E-state index is 4.68. The molecule has 0 bridgehead atoms. The molecule has 0 amide bonds. The van der Waals surface area contributed by atoms with E-state index in [1.54, 1.807) is 0 Å². The van der Waals surface area contributed by atoms with Crippen LogP contribution in [0.15, 0.2) is 12.8 Å². The highest BCUT2D eigenvalue weighted by Crippen LogP contribution is 1.64. The van der Waals surface area contributed by atoms with E-state index in [1.165, 1.54) is 6.26 Å². The molecule has 36 valence electrons. The normalized spacial score (nSPS) is 7.50. The number of hydrogen-bond acceptors (Lipinski definition) is 1. The van der Waals surface area contributed by atoms with Crippen molar-refractivity contribution in [1.29, 1.82) is 0 Å². The zero-order valence-corrected chi connectivity index (χ0v) is 3.81. The van der Waals surface area contributed by atoms with E-state index in [0.717, 1.165) is 6.54 Å². The Labute approximate surface area is 37.6 Å². The minimum atomic E-state index is 0.684. The van der Waals surface area contributed by atoms with Crippen LogP contribution in [-0.2, 0) is 4.74 Å². The van der Waals surface area contributed by atoms with Crippen LogP contribution in [0, 0.1) is 0 Å². The predicted octanol–water partition coefficient (Wildman–Crippen LogP) is -0.612. The van der Waals surface area contributed by atoms with Gasteiger partial charge in [-0.2, -0.15) is 0 Å². The molecular formula is C4H10NO+. The summed E-state index contributed by atoms with van der Waals surface area (Å²) in [6.45, 7) is 4.84. The van der Waals surface area contributed by atoms with Crippen LogP contribution in [0.5, 0.6) is 0 Å². The molecule has 6 heavy (non-hydrogen) atoms. The lowest BCUT2D eigenvalue weighted by Crippen LogP contribution is -2.52. The fourth-order valence-electron chi connectivity index (χ4n) is 0.167. The van der Waals surface area contributed by atoms with E-state index < -0.39 is 0 Å². The summed E-state index contributed by atoms with van der Waals surface area (Å²) in [5.74, 6) is 0. The molecule has 3 N–H and O–H groups in total. The number of rotatable bonds is 3. The maximum Gasteiger partial charge on any atom is 0.136 e. The van der Waals surface area contributed by atoms with E-state index in [0.29, 0.717) is 6.61 Å². The van der Waals surface area contributed by atoms with Gasteiger partial charge in [-0.3, -0.25) is 0 Å². The summed E-state index contributed by atoms with van der Waals surface area (Å²) >= 11 is 0. The largest absolute Gasteiger partial charge is 0.496 e. The highest BCUT2D eigenvalue weighted by Gasteiger charge is 1.71. The summed E-state index contributed by atoms with van der Waals surface area (Å²) in [5.41, 5.74) is 3.55. The van der Waals surface area contributed by atoms with Crippen LogP contribution in [0.3, 0.4) is 0 Å². The third kappa shape index (κ3) is 3.50. The summed E-state index contributed by atoms with van der Waals surface area (Å²) in [4.78, 5) is 0. The summed E-state index contributed by atoms with van der Waals surface area (Å²) < 4.78 is 4.68. The Morgan fingerprint density at radius 3 is 2.67 bits per heavy atom. The first-order valence-electron chi connectivity index (χ1n) is 1.93. The first-order valence-corrected chi connectivity index (χ1v) is 1.93. The van der Waals surface area contributed by atoms with Crippen LogP contribution in [0.2, 0.25) is 0 Å². The second-order valence-corrected chi connectivity index (χ2v) is 0.891. The molecule has 0 saturated heterocycles. The van der Waals surface area contributed by atoms with Gasteiger partial charge >= 0.3 is 0 Å². The van der Waals surface area contributed by atoms with Crippen molar-refractivity contribution in [2.24, 2.45) is 0 Å². The molecular weight excluding hydrogens is 78.0 g/mol. The topological polar surface area (TPSA) is 36.9 Å². The van der Waals surface area contributed by atoms with Crippen molar-refractivity contribution in [3.63, 3.8) is 0 Å². The molecule has 0 aromatic heterocycles. The van der Waals surface area contributed by atoms with E-state index >= 15 is 0 Å². The molecule has 0 radical (unpaired) electrons. The molecule has 0 atom stereocenters. The molecule has 0 aromatic carbocycles. The van der Waals surface area contributed by atoms with Gasteiger partial charge in [0.25, 0.3) is 0 Å². The molecule has 0 aliphatic heterocycles. The number of hydrogen-bond donors (Lipinski definition) is 1. The minimum Gasteiger partial charge on any atom is -0.496 e. The zero-order valence-electron chi connectivity index (χ0n) is 3.81. The summed E-state index contributed by atoms with van der Waals surface area (Å²) in [6.07, 6.45) is 1.42. The second kappa shape index (κ2) is 4.50. The molecule has 2 nitrogen and oxygen atoms in total. The summed E-state index contributed by atoms with van der Waals surface area (Å²) in [6, 6.07) is 0. The smallest absolute Gasteiger partial charge is 0.136 e. The Morgan fingerprint density at radius 2 is 2.50 bits per heavy atom. The van der Waals surface area contributed by atoms with Crippen molar-refractivity contribution in [1.82, 2.24) is 0 Å². The van der Waals surface area contributed by atoms with E-state index in [-0.39, 0.29) is 0 Å². The third-order valence-electron chi connectivity index (χ3n) is 0.380. The quantitative estimate of drug-likeness (QED) is 0.362. The summed E-state index contributed by atoms with van der Waals surface area (Å²) in [7, 11) is 0. The van der Waals surface area contributed by atoms with E-state index in [9.17, 15) is 0 Å². The van der Waals surface area contributed by atoms with Gasteiger partial charge in [0.15, 0.2) is 0 Å². The molecule has 0 heterocycles. The molecule has 0 aromatic rings. The van der Waals surface area contributed by atoms with Gasteiger partial charge < -0.3 is 10.5 Å². The van der Waals surface area contributed by atoms with Gasteiger partial charge in [0, 0.05) is 0 Å². The van der Waals surface area contributed by atoms with Gasteiger partial charge in [0.1, 0.15) is 13.2 Å². The van der Waals surface area contributed by atoms with Crippen molar-refractivity contribution in [3.8, 4) is 0 Å². The van der Waals surface area contributed by atoms with Gasteiger partial charge in [-0.25, -0.2) is 0 Å². The molecule has 0 fully saturated rings. The van der Waals surface area contributed by atoms with Gasteiger partial charge in [0.05, 0.1) is 6.26 Å². The van der Waals surface area contributed by atoms with E-state index in [1.807, 2.05) is 0 Å². The molecule has 0 unspecified atom stereocenters. The van der Waals surface area contributed by atoms with Crippen LogP contribution in [0.4, 0.5) is 0 Å². The first kappa shape index (κ1) is 5.50. The van der Waals surface area contributed by atoms with Gasteiger partial charge in [0.2, 0.25) is 0 Å². The van der Waals surface area contributed by atoms with Crippen molar-refractivity contribution in [3.05, 3.63) is 12.8 Å². The Kier molecular flexibility index (Phi) is 4.12. The zero-order chi connectivity index (χ0) is 4.83. The second-order valence-electron chi connectivity index (χ2n) is 0.891. The van der Waals surface area contributed by atoms with E-state index in [4.69, 9.17) is 0 Å². The number of quaternary nitrogens is 1. The average Bonchev–Trinajstić information content (AvgIpc) is 1.61. The van der Waals surface area contributed by atoms with E-state index in [2.05, 4.69) is 17.0 Å². The van der Waals surface area contributed by atoms with Crippen molar-refractivity contribution < 1.29 is 10.5 Å². The van der Waals surface area contributed by atoms with Gasteiger partial charge in [-0.1, -0.05) is 6.58 Å². The standard InChI is InChI=1S/C4H9NO/c1-2-6-4-3-5/h2H,1,3-5H2/p+1. The lowest BCUT2D eigenvalue weighted by molar-refractivity contribution is -0.372. The lowest BCUT2D eigenvalue weighted by Gasteiger charge is -1.88. The van der Waals surface area contributed by atoms with Crippen LogP contribution in [0.1, 0.15) is 0 Å². The minimum absolute atomic E-state index is 0.684. The highest BCUT2D eigenvalue weighted by atomic mass is 16.5. The third-order valence-corrected chi connectivity index (χ3v) is 0.380. The Bertz CT molecular complexity index is 36.5. The monoisotopic (exact) mass is 88.1 g/mol. The van der Waals surface area contributed by atoms with Crippen LogP contribution < -0.4 is 5.73 Å². The van der Waals surface area contributed by atoms with Crippen LogP contribution >= 0.6 is 0 Å². The Hall–Kier alpha value is -0.500. The highest BCUT2D eigenvalue weighted by molar-refractivity contribution is 4.46. The fourth-order valence-corrected chi connectivity index (χ4v) is 0.167.